The van der Waals surface area contributed by atoms with E-state index in [0.717, 1.165) is 51.7 Å². The van der Waals surface area contributed by atoms with E-state index in [1.165, 1.54) is 17.4 Å². The third-order valence-corrected chi connectivity index (χ3v) is 5.42. The molecule has 0 atom stereocenters. The summed E-state index contributed by atoms with van der Waals surface area (Å²) in [5.74, 6) is 0.750. The average Bonchev–Trinajstić information content (AvgIpc) is 2.69. The first kappa shape index (κ1) is 23.5. The highest BCUT2D eigenvalue weighted by Gasteiger charge is 2.18. The van der Waals surface area contributed by atoms with Gasteiger partial charge in [0.25, 0.3) is 0 Å². The minimum atomic E-state index is 0.210. The van der Waals surface area contributed by atoms with E-state index in [9.17, 15) is 0 Å². The van der Waals surface area contributed by atoms with Gasteiger partial charge in [-0.3, -0.25) is 0 Å². The van der Waals surface area contributed by atoms with Crippen LogP contribution < -0.4 is 10.6 Å². The SMILES string of the molecule is C=C1NC(C)=CC(C)=C1Cc1cc(-c2cccc(CN(C)C)c2)nc(NC(C)C)c1C=N. The zero-order valence-corrected chi connectivity index (χ0v) is 20.1. The molecule has 32 heavy (non-hydrogen) atoms. The number of pyridine rings is 1. The predicted molar refractivity (Wildman–Crippen MR) is 136 cm³/mol. The molecule has 5 nitrogen and oxygen atoms in total. The van der Waals surface area contributed by atoms with Crippen molar-refractivity contribution in [3.63, 3.8) is 0 Å². The van der Waals surface area contributed by atoms with Crippen LogP contribution in [0.15, 0.2) is 65.5 Å². The van der Waals surface area contributed by atoms with E-state index in [2.05, 4.69) is 93.4 Å². The summed E-state index contributed by atoms with van der Waals surface area (Å²) in [5, 5.41) is 14.9. The molecule has 0 radical (unpaired) electrons. The van der Waals surface area contributed by atoms with Gasteiger partial charge in [0.15, 0.2) is 0 Å². The van der Waals surface area contributed by atoms with E-state index in [1.807, 2.05) is 6.92 Å². The molecule has 0 spiro atoms. The monoisotopic (exact) mass is 429 g/mol. The van der Waals surface area contributed by atoms with Crippen molar-refractivity contribution in [2.45, 2.75) is 46.7 Å². The molecule has 1 aliphatic rings. The first-order valence-electron chi connectivity index (χ1n) is 11.1. The molecule has 1 aromatic heterocycles. The topological polar surface area (TPSA) is 64.0 Å². The Bertz CT molecular complexity index is 1090. The van der Waals surface area contributed by atoms with Crippen LogP contribution in [0, 0.1) is 5.41 Å². The number of aromatic nitrogens is 1. The highest BCUT2D eigenvalue weighted by molar-refractivity contribution is 5.88. The van der Waals surface area contributed by atoms with Gasteiger partial charge in [-0.1, -0.05) is 24.8 Å². The van der Waals surface area contributed by atoms with Crippen LogP contribution in [0.1, 0.15) is 44.4 Å². The number of hydrogen-bond donors (Lipinski definition) is 3. The van der Waals surface area contributed by atoms with Crippen molar-refractivity contribution in [2.75, 3.05) is 19.4 Å². The van der Waals surface area contributed by atoms with Crippen molar-refractivity contribution in [1.82, 2.24) is 15.2 Å². The molecular formula is C27H35N5. The number of nitrogens with zero attached hydrogens (tertiary/aromatic N) is 2. The van der Waals surface area contributed by atoms with Crippen LogP contribution in [0.25, 0.3) is 11.3 Å². The first-order valence-corrected chi connectivity index (χ1v) is 11.1. The molecule has 0 unspecified atom stereocenters. The largest absolute Gasteiger partial charge is 0.367 e. The number of allylic oxidation sites excluding steroid dienone is 4. The molecule has 0 bridgehead atoms. The lowest BCUT2D eigenvalue weighted by Crippen LogP contribution is -2.19. The maximum Gasteiger partial charge on any atom is 0.135 e. The van der Waals surface area contributed by atoms with E-state index in [0.29, 0.717) is 6.42 Å². The average molecular weight is 430 g/mol. The van der Waals surface area contributed by atoms with Gasteiger partial charge >= 0.3 is 0 Å². The van der Waals surface area contributed by atoms with Crippen molar-refractivity contribution >= 4 is 12.0 Å². The number of nitrogens with one attached hydrogen (secondary N) is 3. The summed E-state index contributed by atoms with van der Waals surface area (Å²) in [7, 11) is 4.15. The zero-order chi connectivity index (χ0) is 23.4. The van der Waals surface area contributed by atoms with Crippen LogP contribution in [0.3, 0.4) is 0 Å². The lowest BCUT2D eigenvalue weighted by Gasteiger charge is -2.23. The molecule has 168 valence electrons. The quantitative estimate of drug-likeness (QED) is 0.484. The van der Waals surface area contributed by atoms with Gasteiger partial charge in [0, 0.05) is 47.7 Å². The summed E-state index contributed by atoms with van der Waals surface area (Å²) in [6, 6.07) is 10.9. The fourth-order valence-corrected chi connectivity index (χ4v) is 4.08. The Labute approximate surface area is 192 Å². The summed E-state index contributed by atoms with van der Waals surface area (Å²) in [6.07, 6.45) is 4.25. The molecule has 0 fully saturated rings. The Hall–Kier alpha value is -3.18. The van der Waals surface area contributed by atoms with Crippen LogP contribution in [0.4, 0.5) is 5.82 Å². The Morgan fingerprint density at radius 3 is 2.59 bits per heavy atom. The fourth-order valence-electron chi connectivity index (χ4n) is 4.08. The van der Waals surface area contributed by atoms with Gasteiger partial charge in [0.1, 0.15) is 5.82 Å². The second-order valence-electron chi connectivity index (χ2n) is 9.08. The number of rotatable bonds is 8. The molecule has 2 aromatic rings. The maximum atomic E-state index is 8.13. The summed E-state index contributed by atoms with van der Waals surface area (Å²) >= 11 is 0. The van der Waals surface area contributed by atoms with Crippen molar-refractivity contribution in [3.8, 4) is 11.3 Å². The van der Waals surface area contributed by atoms with Gasteiger partial charge in [-0.2, -0.15) is 0 Å². The predicted octanol–water partition coefficient (Wildman–Crippen LogP) is 5.51. The summed E-state index contributed by atoms with van der Waals surface area (Å²) in [5.41, 5.74) is 9.50. The summed E-state index contributed by atoms with van der Waals surface area (Å²) < 4.78 is 0. The number of hydrogen-bond acceptors (Lipinski definition) is 5. The van der Waals surface area contributed by atoms with Gasteiger partial charge in [0.05, 0.1) is 5.69 Å². The van der Waals surface area contributed by atoms with Gasteiger partial charge < -0.3 is 20.9 Å². The molecule has 3 rings (SSSR count). The van der Waals surface area contributed by atoms with Gasteiger partial charge in [-0.05, 0) is 82.3 Å². The van der Waals surface area contributed by atoms with Gasteiger partial charge in [0.2, 0.25) is 0 Å². The Morgan fingerprint density at radius 2 is 1.97 bits per heavy atom. The highest BCUT2D eigenvalue weighted by atomic mass is 15.0. The molecule has 1 aliphatic heterocycles. The lowest BCUT2D eigenvalue weighted by atomic mass is 9.92. The molecule has 2 heterocycles. The minimum Gasteiger partial charge on any atom is -0.367 e. The zero-order valence-electron chi connectivity index (χ0n) is 20.1. The van der Waals surface area contributed by atoms with Crippen molar-refractivity contribution < 1.29 is 0 Å². The Kier molecular flexibility index (Phi) is 7.31. The molecule has 3 N–H and O–H groups in total. The summed E-state index contributed by atoms with van der Waals surface area (Å²) in [6.45, 7) is 13.5. The van der Waals surface area contributed by atoms with Crippen molar-refractivity contribution in [2.24, 2.45) is 0 Å². The molecule has 0 amide bonds. The van der Waals surface area contributed by atoms with Gasteiger partial charge in [-0.15, -0.1) is 0 Å². The fraction of sp³-hybridized carbons (Fsp3) is 0.333. The smallest absolute Gasteiger partial charge is 0.135 e. The van der Waals surface area contributed by atoms with E-state index < -0.39 is 0 Å². The van der Waals surface area contributed by atoms with Crippen LogP contribution in [0.5, 0.6) is 0 Å². The van der Waals surface area contributed by atoms with Crippen LogP contribution in [-0.4, -0.2) is 36.2 Å². The van der Waals surface area contributed by atoms with E-state index >= 15 is 0 Å². The molecule has 0 saturated carbocycles. The second kappa shape index (κ2) is 9.96. The Balaban J connectivity index is 2.13. The van der Waals surface area contributed by atoms with E-state index in [1.54, 1.807) is 0 Å². The minimum absolute atomic E-state index is 0.210. The lowest BCUT2D eigenvalue weighted by molar-refractivity contribution is 0.402. The standard InChI is InChI=1S/C27H35N5/c1-17(2)29-27-25(15-28)23(13-24-18(3)11-19(4)30-20(24)5)14-26(31-27)22-10-8-9-21(12-22)16-32(6)7/h8-12,14-15,17,28,30H,5,13,16H2,1-4,6-7H3,(H,29,31). The third kappa shape index (κ3) is 5.54. The molecule has 0 saturated heterocycles. The maximum absolute atomic E-state index is 8.13. The first-order chi connectivity index (χ1) is 15.2. The van der Waals surface area contributed by atoms with E-state index in [-0.39, 0.29) is 6.04 Å². The van der Waals surface area contributed by atoms with Crippen LogP contribution in [0.2, 0.25) is 0 Å². The highest BCUT2D eigenvalue weighted by Crippen LogP contribution is 2.30. The number of dihydropyridines is 1. The van der Waals surface area contributed by atoms with Crippen molar-refractivity contribution in [1.29, 1.82) is 5.41 Å². The number of anilines is 1. The molecular weight excluding hydrogens is 394 g/mol. The summed E-state index contributed by atoms with van der Waals surface area (Å²) in [4.78, 5) is 7.10. The molecule has 1 aromatic carbocycles. The van der Waals surface area contributed by atoms with Gasteiger partial charge in [-0.25, -0.2) is 4.98 Å². The van der Waals surface area contributed by atoms with E-state index in [4.69, 9.17) is 10.4 Å². The molecule has 5 heteroatoms. The second-order valence-corrected chi connectivity index (χ2v) is 9.08. The van der Waals surface area contributed by atoms with Crippen LogP contribution >= 0.6 is 0 Å². The van der Waals surface area contributed by atoms with Crippen LogP contribution in [-0.2, 0) is 13.0 Å². The third-order valence-electron chi connectivity index (χ3n) is 5.42. The number of benzene rings is 1. The van der Waals surface area contributed by atoms with Crippen molar-refractivity contribution in [3.05, 3.63) is 82.2 Å². The Morgan fingerprint density at radius 1 is 1.22 bits per heavy atom. The molecule has 0 aliphatic carbocycles. The normalized spacial score (nSPS) is 14.0.